The Balaban J connectivity index is 2.56. The summed E-state index contributed by atoms with van der Waals surface area (Å²) in [6.45, 7) is 4.49. The smallest absolute Gasteiger partial charge is 0.189 e. The number of hydrogen-bond donors (Lipinski definition) is 3. The summed E-state index contributed by atoms with van der Waals surface area (Å²) in [5, 5.41) is 12.3. The summed E-state index contributed by atoms with van der Waals surface area (Å²) in [7, 11) is 0. The van der Waals surface area contributed by atoms with Gasteiger partial charge >= 0.3 is 0 Å². The average Bonchev–Trinajstić information content (AvgIpc) is 2.37. The SMILES string of the molecule is CCC(C)(CO)NC(N)=NCc1ccccc1. The molecule has 1 atom stereocenters. The fourth-order valence-electron chi connectivity index (χ4n) is 1.35. The van der Waals surface area contributed by atoms with Crippen LogP contribution in [0.15, 0.2) is 35.3 Å². The number of guanidine groups is 1. The maximum Gasteiger partial charge on any atom is 0.189 e. The molecular formula is C13H21N3O. The van der Waals surface area contributed by atoms with Crippen LogP contribution in [0.2, 0.25) is 0 Å². The first kappa shape index (κ1) is 13.5. The Labute approximate surface area is 103 Å². The standard InChI is InChI=1S/C13H21N3O/c1-3-13(2,10-17)16-12(14)15-9-11-7-5-4-6-8-11/h4-8,17H,3,9-10H2,1-2H3,(H3,14,15,16). The van der Waals surface area contributed by atoms with E-state index in [9.17, 15) is 5.11 Å². The van der Waals surface area contributed by atoms with Crippen molar-refractivity contribution in [1.29, 1.82) is 0 Å². The Bertz CT molecular complexity index is 358. The summed E-state index contributed by atoms with van der Waals surface area (Å²) >= 11 is 0. The Morgan fingerprint density at radius 3 is 2.59 bits per heavy atom. The quantitative estimate of drug-likeness (QED) is 0.531. The number of nitrogens with one attached hydrogen (secondary N) is 1. The number of nitrogens with two attached hydrogens (primary N) is 1. The molecule has 0 aliphatic heterocycles. The van der Waals surface area contributed by atoms with Crippen molar-refractivity contribution in [2.75, 3.05) is 6.61 Å². The van der Waals surface area contributed by atoms with Gasteiger partial charge in [0, 0.05) is 0 Å². The van der Waals surface area contributed by atoms with Gasteiger partial charge in [-0.15, -0.1) is 0 Å². The van der Waals surface area contributed by atoms with Crippen molar-refractivity contribution >= 4 is 5.96 Å². The van der Waals surface area contributed by atoms with E-state index in [1.54, 1.807) is 0 Å². The van der Waals surface area contributed by atoms with Crippen LogP contribution in [0.1, 0.15) is 25.8 Å². The highest BCUT2D eigenvalue weighted by Crippen LogP contribution is 2.07. The molecule has 0 spiro atoms. The van der Waals surface area contributed by atoms with Gasteiger partial charge < -0.3 is 16.2 Å². The van der Waals surface area contributed by atoms with Crippen LogP contribution in [0.25, 0.3) is 0 Å². The molecule has 1 unspecified atom stereocenters. The predicted octanol–water partition coefficient (Wildman–Crippen LogP) is 1.25. The normalized spacial score (nSPS) is 15.4. The number of aliphatic imine (C=N–C) groups is 1. The van der Waals surface area contributed by atoms with Crippen molar-refractivity contribution < 1.29 is 5.11 Å². The highest BCUT2D eigenvalue weighted by molar-refractivity contribution is 5.78. The second-order valence-corrected chi connectivity index (χ2v) is 4.38. The molecule has 0 radical (unpaired) electrons. The van der Waals surface area contributed by atoms with Crippen molar-refractivity contribution in [3.8, 4) is 0 Å². The molecule has 1 aromatic carbocycles. The minimum Gasteiger partial charge on any atom is -0.394 e. The predicted molar refractivity (Wildman–Crippen MR) is 70.7 cm³/mol. The third-order valence-corrected chi connectivity index (χ3v) is 2.83. The summed E-state index contributed by atoms with van der Waals surface area (Å²) in [5.41, 5.74) is 6.50. The van der Waals surface area contributed by atoms with Gasteiger partial charge in [0.1, 0.15) is 0 Å². The van der Waals surface area contributed by atoms with Crippen LogP contribution in [0.5, 0.6) is 0 Å². The number of benzene rings is 1. The molecule has 0 heterocycles. The second kappa shape index (κ2) is 6.25. The van der Waals surface area contributed by atoms with E-state index in [1.807, 2.05) is 44.2 Å². The van der Waals surface area contributed by atoms with Crippen LogP contribution in [0, 0.1) is 0 Å². The number of hydrogen-bond acceptors (Lipinski definition) is 2. The Morgan fingerprint density at radius 2 is 2.06 bits per heavy atom. The van der Waals surface area contributed by atoms with E-state index in [1.165, 1.54) is 0 Å². The fraction of sp³-hybridized carbons (Fsp3) is 0.462. The lowest BCUT2D eigenvalue weighted by molar-refractivity contribution is 0.188. The van der Waals surface area contributed by atoms with Gasteiger partial charge in [-0.05, 0) is 18.9 Å². The monoisotopic (exact) mass is 235 g/mol. The summed E-state index contributed by atoms with van der Waals surface area (Å²) in [5.74, 6) is 0.368. The molecule has 0 fully saturated rings. The Hall–Kier alpha value is -1.55. The van der Waals surface area contributed by atoms with E-state index in [-0.39, 0.29) is 6.61 Å². The second-order valence-electron chi connectivity index (χ2n) is 4.38. The Kier molecular flexibility index (Phi) is 4.97. The zero-order valence-corrected chi connectivity index (χ0v) is 10.5. The number of rotatable bonds is 5. The van der Waals surface area contributed by atoms with Gasteiger partial charge in [-0.2, -0.15) is 0 Å². The summed E-state index contributed by atoms with van der Waals surface area (Å²) in [4.78, 5) is 4.25. The van der Waals surface area contributed by atoms with E-state index < -0.39 is 5.54 Å². The minimum absolute atomic E-state index is 0.0328. The van der Waals surface area contributed by atoms with Crippen molar-refractivity contribution in [3.05, 3.63) is 35.9 Å². The molecule has 4 N–H and O–H groups in total. The lowest BCUT2D eigenvalue weighted by Crippen LogP contribution is -2.51. The number of nitrogens with zero attached hydrogens (tertiary/aromatic N) is 1. The average molecular weight is 235 g/mol. The molecule has 4 heteroatoms. The summed E-state index contributed by atoms with van der Waals surface area (Å²) < 4.78 is 0. The van der Waals surface area contributed by atoms with Gasteiger partial charge in [0.05, 0.1) is 18.7 Å². The largest absolute Gasteiger partial charge is 0.394 e. The van der Waals surface area contributed by atoms with Crippen LogP contribution >= 0.6 is 0 Å². The van der Waals surface area contributed by atoms with Crippen LogP contribution in [-0.2, 0) is 6.54 Å². The van der Waals surface area contributed by atoms with Gasteiger partial charge in [0.15, 0.2) is 5.96 Å². The van der Waals surface area contributed by atoms with Crippen molar-refractivity contribution in [2.45, 2.75) is 32.4 Å². The lowest BCUT2D eigenvalue weighted by Gasteiger charge is -2.27. The maximum atomic E-state index is 9.25. The van der Waals surface area contributed by atoms with Crippen LogP contribution in [0.3, 0.4) is 0 Å². The number of aliphatic hydroxyl groups is 1. The first-order valence-electron chi connectivity index (χ1n) is 5.82. The zero-order chi connectivity index (χ0) is 12.7. The van der Waals surface area contributed by atoms with E-state index in [2.05, 4.69) is 10.3 Å². The van der Waals surface area contributed by atoms with Crippen LogP contribution in [-0.4, -0.2) is 23.2 Å². The van der Waals surface area contributed by atoms with E-state index >= 15 is 0 Å². The van der Waals surface area contributed by atoms with E-state index in [0.717, 1.165) is 12.0 Å². The molecule has 0 aliphatic carbocycles. The van der Waals surface area contributed by atoms with Crippen LogP contribution < -0.4 is 11.1 Å². The van der Waals surface area contributed by atoms with Gasteiger partial charge in [0.2, 0.25) is 0 Å². The zero-order valence-electron chi connectivity index (χ0n) is 10.5. The molecule has 0 amide bonds. The summed E-state index contributed by atoms with van der Waals surface area (Å²) in [6.07, 6.45) is 0.783. The van der Waals surface area contributed by atoms with Gasteiger partial charge in [-0.1, -0.05) is 37.3 Å². The highest BCUT2D eigenvalue weighted by atomic mass is 16.3. The van der Waals surface area contributed by atoms with Crippen LogP contribution in [0.4, 0.5) is 0 Å². The molecule has 1 aromatic rings. The van der Waals surface area contributed by atoms with Crippen molar-refractivity contribution in [1.82, 2.24) is 5.32 Å². The first-order valence-corrected chi connectivity index (χ1v) is 5.82. The molecule has 17 heavy (non-hydrogen) atoms. The third kappa shape index (κ3) is 4.44. The molecular weight excluding hydrogens is 214 g/mol. The molecule has 0 saturated carbocycles. The molecule has 0 bridgehead atoms. The van der Waals surface area contributed by atoms with Gasteiger partial charge in [-0.3, -0.25) is 0 Å². The Morgan fingerprint density at radius 1 is 1.41 bits per heavy atom. The molecule has 4 nitrogen and oxygen atoms in total. The molecule has 0 aromatic heterocycles. The lowest BCUT2D eigenvalue weighted by atomic mass is 10.0. The molecule has 0 aliphatic rings. The minimum atomic E-state index is -0.399. The third-order valence-electron chi connectivity index (χ3n) is 2.83. The summed E-state index contributed by atoms with van der Waals surface area (Å²) in [6, 6.07) is 9.91. The fourth-order valence-corrected chi connectivity index (χ4v) is 1.35. The topological polar surface area (TPSA) is 70.6 Å². The van der Waals surface area contributed by atoms with E-state index in [4.69, 9.17) is 5.73 Å². The van der Waals surface area contributed by atoms with Crippen molar-refractivity contribution in [2.24, 2.45) is 10.7 Å². The van der Waals surface area contributed by atoms with Gasteiger partial charge in [0.25, 0.3) is 0 Å². The molecule has 94 valence electrons. The maximum absolute atomic E-state index is 9.25. The van der Waals surface area contributed by atoms with Gasteiger partial charge in [-0.25, -0.2) is 4.99 Å². The van der Waals surface area contributed by atoms with E-state index in [0.29, 0.717) is 12.5 Å². The molecule has 1 rings (SSSR count). The van der Waals surface area contributed by atoms with Crippen molar-refractivity contribution in [3.63, 3.8) is 0 Å². The highest BCUT2D eigenvalue weighted by Gasteiger charge is 2.20. The first-order chi connectivity index (χ1) is 8.09. The number of aliphatic hydroxyl groups excluding tert-OH is 1. The molecule has 0 saturated heterocycles.